The van der Waals surface area contributed by atoms with Crippen LogP contribution in [0.15, 0.2) is 41.5 Å². The second-order valence-electron chi connectivity index (χ2n) is 5.26. The Labute approximate surface area is 150 Å². The van der Waals surface area contributed by atoms with Crippen molar-refractivity contribution in [2.75, 3.05) is 19.5 Å². The number of carbonyl (C=O) groups is 1. The number of esters is 1. The maximum atomic E-state index is 14.5. The van der Waals surface area contributed by atoms with Crippen LogP contribution in [0.25, 0.3) is 0 Å². The summed E-state index contributed by atoms with van der Waals surface area (Å²) in [5.74, 6) is 4.49. The highest BCUT2D eigenvalue weighted by atomic mass is 19.1. The van der Waals surface area contributed by atoms with Crippen molar-refractivity contribution in [3.63, 3.8) is 0 Å². The average Bonchev–Trinajstić information content (AvgIpc) is 2.62. The molecule has 138 valence electrons. The number of benzene rings is 2. The van der Waals surface area contributed by atoms with Crippen molar-refractivity contribution in [2.45, 2.75) is 13.2 Å². The van der Waals surface area contributed by atoms with Gasteiger partial charge in [0.25, 0.3) is 0 Å². The maximum Gasteiger partial charge on any atom is 0.304 e. The normalized spacial score (nSPS) is 11.8. The van der Waals surface area contributed by atoms with E-state index in [-0.39, 0.29) is 11.3 Å². The van der Waals surface area contributed by atoms with Gasteiger partial charge in [0, 0.05) is 18.7 Å². The molecule has 0 amide bonds. The molecule has 26 heavy (non-hydrogen) atoms. The third-order valence-electron chi connectivity index (χ3n) is 3.50. The SMILES string of the molecule is COc1cc(F)c(C(Nc2ccc(C=NN)cc2)OC(C)=O)cc1OC. The first-order valence-electron chi connectivity index (χ1n) is 7.67. The fourth-order valence-electron chi connectivity index (χ4n) is 2.31. The first-order chi connectivity index (χ1) is 12.5. The van der Waals surface area contributed by atoms with E-state index in [1.807, 2.05) is 0 Å². The molecule has 0 spiro atoms. The molecule has 0 bridgehead atoms. The minimum absolute atomic E-state index is 0.102. The minimum Gasteiger partial charge on any atom is -0.493 e. The summed E-state index contributed by atoms with van der Waals surface area (Å²) in [6.45, 7) is 1.24. The third-order valence-corrected chi connectivity index (χ3v) is 3.50. The molecule has 0 radical (unpaired) electrons. The highest BCUT2D eigenvalue weighted by molar-refractivity contribution is 5.80. The summed E-state index contributed by atoms with van der Waals surface area (Å²) in [6, 6.07) is 9.57. The lowest BCUT2D eigenvalue weighted by atomic mass is 10.1. The molecular weight excluding hydrogens is 341 g/mol. The van der Waals surface area contributed by atoms with Gasteiger partial charge in [-0.1, -0.05) is 12.1 Å². The van der Waals surface area contributed by atoms with Crippen molar-refractivity contribution in [3.05, 3.63) is 53.3 Å². The molecule has 2 aromatic rings. The van der Waals surface area contributed by atoms with Gasteiger partial charge < -0.3 is 25.4 Å². The number of nitrogens with zero attached hydrogens (tertiary/aromatic N) is 1. The molecule has 7 nitrogen and oxygen atoms in total. The van der Waals surface area contributed by atoms with Gasteiger partial charge in [-0.15, -0.1) is 0 Å². The van der Waals surface area contributed by atoms with E-state index in [0.717, 1.165) is 5.56 Å². The monoisotopic (exact) mass is 361 g/mol. The van der Waals surface area contributed by atoms with Crippen LogP contribution in [0.2, 0.25) is 0 Å². The number of ether oxygens (including phenoxy) is 3. The van der Waals surface area contributed by atoms with E-state index in [2.05, 4.69) is 10.4 Å². The topological polar surface area (TPSA) is 95.2 Å². The fourth-order valence-corrected chi connectivity index (χ4v) is 2.31. The molecule has 0 aliphatic carbocycles. The molecule has 0 aliphatic heterocycles. The van der Waals surface area contributed by atoms with Gasteiger partial charge >= 0.3 is 5.97 Å². The molecule has 2 aromatic carbocycles. The quantitative estimate of drug-likeness (QED) is 0.259. The van der Waals surface area contributed by atoms with E-state index in [4.69, 9.17) is 20.1 Å². The molecule has 0 fully saturated rings. The number of carbonyl (C=O) groups excluding carboxylic acids is 1. The zero-order chi connectivity index (χ0) is 19.1. The Kier molecular flexibility index (Phi) is 6.37. The maximum absolute atomic E-state index is 14.5. The van der Waals surface area contributed by atoms with Crippen LogP contribution < -0.4 is 20.6 Å². The minimum atomic E-state index is -1.05. The lowest BCUT2D eigenvalue weighted by Gasteiger charge is -2.22. The molecule has 0 heterocycles. The number of hydrazone groups is 1. The van der Waals surface area contributed by atoms with Crippen molar-refractivity contribution in [1.82, 2.24) is 0 Å². The molecular formula is C18H20FN3O4. The summed E-state index contributed by atoms with van der Waals surface area (Å²) in [5, 5.41) is 6.41. The van der Waals surface area contributed by atoms with E-state index in [9.17, 15) is 9.18 Å². The predicted octanol–water partition coefficient (Wildman–Crippen LogP) is 2.81. The number of anilines is 1. The smallest absolute Gasteiger partial charge is 0.304 e. The number of halogens is 1. The van der Waals surface area contributed by atoms with Gasteiger partial charge in [0.15, 0.2) is 11.5 Å². The van der Waals surface area contributed by atoms with Crippen LogP contribution in [-0.2, 0) is 9.53 Å². The molecule has 0 aliphatic rings. The van der Waals surface area contributed by atoms with Gasteiger partial charge in [-0.05, 0) is 23.8 Å². The number of methoxy groups -OCH3 is 2. The molecule has 1 atom stereocenters. The van der Waals surface area contributed by atoms with Gasteiger partial charge in [-0.3, -0.25) is 4.79 Å². The number of hydrogen-bond acceptors (Lipinski definition) is 7. The van der Waals surface area contributed by atoms with E-state index < -0.39 is 18.0 Å². The van der Waals surface area contributed by atoms with Crippen LogP contribution in [0, 0.1) is 5.82 Å². The summed E-state index contributed by atoms with van der Waals surface area (Å²) in [4.78, 5) is 11.5. The average molecular weight is 361 g/mol. The standard InChI is InChI=1S/C18H20FN3O4/c1-11(23)26-18(22-13-6-4-12(5-7-13)10-21-20)14-8-16(24-2)17(25-3)9-15(14)19/h4-10,18,22H,20H2,1-3H3. The van der Waals surface area contributed by atoms with E-state index >= 15 is 0 Å². The van der Waals surface area contributed by atoms with Gasteiger partial charge in [0.05, 0.1) is 26.0 Å². The fraction of sp³-hybridized carbons (Fsp3) is 0.222. The summed E-state index contributed by atoms with van der Waals surface area (Å²) in [7, 11) is 2.84. The summed E-state index contributed by atoms with van der Waals surface area (Å²) in [6.07, 6.45) is 0.433. The zero-order valence-electron chi connectivity index (χ0n) is 14.7. The van der Waals surface area contributed by atoms with E-state index in [1.165, 1.54) is 39.5 Å². The third kappa shape index (κ3) is 4.62. The summed E-state index contributed by atoms with van der Waals surface area (Å²) < 4.78 is 30.0. The number of nitrogens with two attached hydrogens (primary N) is 1. The first kappa shape index (κ1) is 19.0. The second kappa shape index (κ2) is 8.70. The van der Waals surface area contributed by atoms with Gasteiger partial charge in [-0.2, -0.15) is 5.10 Å². The van der Waals surface area contributed by atoms with Crippen molar-refractivity contribution >= 4 is 17.9 Å². The number of hydrogen-bond donors (Lipinski definition) is 2. The summed E-state index contributed by atoms with van der Waals surface area (Å²) >= 11 is 0. The van der Waals surface area contributed by atoms with Gasteiger partial charge in [0.2, 0.25) is 6.23 Å². The van der Waals surface area contributed by atoms with Crippen LogP contribution >= 0.6 is 0 Å². The Bertz CT molecular complexity index is 794. The molecule has 2 rings (SSSR count). The lowest BCUT2D eigenvalue weighted by Crippen LogP contribution is -2.19. The Balaban J connectivity index is 2.36. The number of rotatable bonds is 7. The number of nitrogens with one attached hydrogen (secondary N) is 1. The summed E-state index contributed by atoms with van der Waals surface area (Å²) in [5.41, 5.74) is 1.50. The molecule has 0 aromatic heterocycles. The van der Waals surface area contributed by atoms with Crippen LogP contribution in [-0.4, -0.2) is 26.4 Å². The zero-order valence-corrected chi connectivity index (χ0v) is 14.7. The highest BCUT2D eigenvalue weighted by Crippen LogP contribution is 2.34. The predicted molar refractivity (Wildman–Crippen MR) is 95.9 cm³/mol. The Morgan fingerprint density at radius 3 is 2.35 bits per heavy atom. The largest absolute Gasteiger partial charge is 0.493 e. The highest BCUT2D eigenvalue weighted by Gasteiger charge is 2.22. The lowest BCUT2D eigenvalue weighted by molar-refractivity contribution is -0.145. The molecule has 0 saturated heterocycles. The molecule has 8 heteroatoms. The van der Waals surface area contributed by atoms with Crippen molar-refractivity contribution in [1.29, 1.82) is 0 Å². The van der Waals surface area contributed by atoms with Crippen LogP contribution in [0.5, 0.6) is 11.5 Å². The van der Waals surface area contributed by atoms with Crippen LogP contribution in [0.1, 0.15) is 24.3 Å². The van der Waals surface area contributed by atoms with E-state index in [0.29, 0.717) is 11.4 Å². The van der Waals surface area contributed by atoms with Crippen LogP contribution in [0.3, 0.4) is 0 Å². The van der Waals surface area contributed by atoms with Gasteiger partial charge in [0.1, 0.15) is 5.82 Å². The van der Waals surface area contributed by atoms with Crippen LogP contribution in [0.4, 0.5) is 10.1 Å². The Morgan fingerprint density at radius 2 is 1.81 bits per heavy atom. The van der Waals surface area contributed by atoms with Crippen molar-refractivity contribution in [2.24, 2.45) is 10.9 Å². The molecule has 1 unspecified atom stereocenters. The second-order valence-corrected chi connectivity index (χ2v) is 5.26. The van der Waals surface area contributed by atoms with Gasteiger partial charge in [-0.25, -0.2) is 4.39 Å². The Morgan fingerprint density at radius 1 is 1.19 bits per heavy atom. The van der Waals surface area contributed by atoms with E-state index in [1.54, 1.807) is 24.3 Å². The van der Waals surface area contributed by atoms with Crippen molar-refractivity contribution in [3.8, 4) is 11.5 Å². The molecule has 0 saturated carbocycles. The first-order valence-corrected chi connectivity index (χ1v) is 7.67. The van der Waals surface area contributed by atoms with Crippen molar-refractivity contribution < 1.29 is 23.4 Å². The Hall–Kier alpha value is -3.29. The molecule has 3 N–H and O–H groups in total.